The minimum Gasteiger partial charge on any atom is -0.493 e. The second kappa shape index (κ2) is 10.9. The molecule has 0 saturated carbocycles. The Morgan fingerprint density at radius 1 is 1.10 bits per heavy atom. The van der Waals surface area contributed by atoms with E-state index in [1.807, 2.05) is 35.2 Å². The van der Waals surface area contributed by atoms with Crippen molar-refractivity contribution in [3.05, 3.63) is 59.7 Å². The Balaban J connectivity index is 1.50. The molecule has 1 heterocycles. The van der Waals surface area contributed by atoms with Crippen LogP contribution >= 0.6 is 0 Å². The van der Waals surface area contributed by atoms with Crippen LogP contribution in [0.2, 0.25) is 0 Å². The lowest BCUT2D eigenvalue weighted by Crippen LogP contribution is -2.35. The molecule has 6 nitrogen and oxygen atoms in total. The van der Waals surface area contributed by atoms with Crippen molar-refractivity contribution in [2.75, 3.05) is 32.2 Å². The fraction of sp³-hybridized carbons (Fsp3) is 0.280. The zero-order valence-electron chi connectivity index (χ0n) is 17.8. The second-order valence-electron chi connectivity index (χ2n) is 7.02. The molecule has 2 aromatic carbocycles. The summed E-state index contributed by atoms with van der Waals surface area (Å²) in [6, 6.07) is 13.0. The van der Waals surface area contributed by atoms with E-state index in [0.717, 1.165) is 36.2 Å². The Hall–Kier alpha value is -3.72. The molecule has 1 saturated heterocycles. The SMILES string of the molecule is COc1ccc(/C=C/C(=O)NCC#Cc2ccc(N3CCCCC3=O)cc2)cc1OC. The zero-order valence-corrected chi connectivity index (χ0v) is 17.8. The summed E-state index contributed by atoms with van der Waals surface area (Å²) in [5.74, 6) is 7.14. The monoisotopic (exact) mass is 418 g/mol. The molecule has 0 unspecified atom stereocenters. The van der Waals surface area contributed by atoms with Crippen molar-refractivity contribution < 1.29 is 19.1 Å². The van der Waals surface area contributed by atoms with Gasteiger partial charge in [0.05, 0.1) is 20.8 Å². The van der Waals surface area contributed by atoms with Crippen molar-refractivity contribution in [2.45, 2.75) is 19.3 Å². The molecule has 0 aromatic heterocycles. The highest BCUT2D eigenvalue weighted by atomic mass is 16.5. The van der Waals surface area contributed by atoms with Crippen LogP contribution in [0.15, 0.2) is 48.5 Å². The van der Waals surface area contributed by atoms with E-state index < -0.39 is 0 Å². The number of methoxy groups -OCH3 is 2. The molecule has 1 fully saturated rings. The smallest absolute Gasteiger partial charge is 0.244 e. The van der Waals surface area contributed by atoms with E-state index in [1.165, 1.54) is 6.08 Å². The molecule has 1 N–H and O–H groups in total. The van der Waals surface area contributed by atoms with Crippen LogP contribution < -0.4 is 19.7 Å². The number of carbonyl (C=O) groups is 2. The minimum absolute atomic E-state index is 0.175. The molecule has 3 rings (SSSR count). The molecular weight excluding hydrogens is 392 g/mol. The van der Waals surface area contributed by atoms with Gasteiger partial charge in [0.25, 0.3) is 0 Å². The molecule has 0 atom stereocenters. The van der Waals surface area contributed by atoms with Gasteiger partial charge in [-0.3, -0.25) is 9.59 Å². The van der Waals surface area contributed by atoms with E-state index in [2.05, 4.69) is 17.2 Å². The van der Waals surface area contributed by atoms with Gasteiger partial charge in [-0.25, -0.2) is 0 Å². The summed E-state index contributed by atoms with van der Waals surface area (Å²) in [5.41, 5.74) is 2.57. The van der Waals surface area contributed by atoms with Crippen LogP contribution in [-0.4, -0.2) is 39.1 Å². The van der Waals surface area contributed by atoms with Gasteiger partial charge in [-0.15, -0.1) is 0 Å². The van der Waals surface area contributed by atoms with Gasteiger partial charge in [-0.2, -0.15) is 0 Å². The van der Waals surface area contributed by atoms with E-state index in [9.17, 15) is 9.59 Å². The van der Waals surface area contributed by atoms with E-state index in [1.54, 1.807) is 32.4 Å². The molecule has 160 valence electrons. The summed E-state index contributed by atoms with van der Waals surface area (Å²) >= 11 is 0. The molecule has 0 aliphatic carbocycles. The third kappa shape index (κ3) is 6.13. The molecular formula is C25H26N2O4. The Labute approximate surface area is 182 Å². The maximum atomic E-state index is 12.0. The van der Waals surface area contributed by atoms with E-state index in [4.69, 9.17) is 9.47 Å². The number of nitrogens with one attached hydrogen (secondary N) is 1. The van der Waals surface area contributed by atoms with E-state index in [-0.39, 0.29) is 18.4 Å². The Kier molecular flexibility index (Phi) is 7.72. The van der Waals surface area contributed by atoms with Crippen LogP contribution in [0.25, 0.3) is 6.08 Å². The number of rotatable bonds is 6. The highest BCUT2D eigenvalue weighted by Crippen LogP contribution is 2.28. The topological polar surface area (TPSA) is 67.9 Å². The number of piperidine rings is 1. The predicted molar refractivity (Wildman–Crippen MR) is 121 cm³/mol. The van der Waals surface area contributed by atoms with Crippen LogP contribution in [0.5, 0.6) is 11.5 Å². The van der Waals surface area contributed by atoms with Crippen molar-refractivity contribution >= 4 is 23.6 Å². The van der Waals surface area contributed by atoms with Crippen LogP contribution in [-0.2, 0) is 9.59 Å². The predicted octanol–water partition coefficient (Wildman–Crippen LogP) is 3.40. The molecule has 6 heteroatoms. The second-order valence-corrected chi connectivity index (χ2v) is 7.02. The van der Waals surface area contributed by atoms with Gasteiger partial charge in [0.1, 0.15) is 0 Å². The summed E-state index contributed by atoms with van der Waals surface area (Å²) < 4.78 is 10.5. The minimum atomic E-state index is -0.233. The van der Waals surface area contributed by atoms with Crippen LogP contribution in [0, 0.1) is 11.8 Å². The molecule has 31 heavy (non-hydrogen) atoms. The number of nitrogens with zero attached hydrogens (tertiary/aromatic N) is 1. The van der Waals surface area contributed by atoms with Gasteiger partial charge in [0.15, 0.2) is 11.5 Å². The van der Waals surface area contributed by atoms with Crippen molar-refractivity contribution in [1.29, 1.82) is 0 Å². The fourth-order valence-electron chi connectivity index (χ4n) is 3.27. The molecule has 0 bridgehead atoms. The molecule has 0 spiro atoms. The Morgan fingerprint density at radius 2 is 1.87 bits per heavy atom. The highest BCUT2D eigenvalue weighted by molar-refractivity contribution is 5.94. The standard InChI is InChI=1S/C25H26N2O4/c1-30-22-14-10-20(18-23(22)31-2)11-15-24(28)26-16-5-6-19-8-12-21(13-9-19)27-17-4-3-7-25(27)29/h8-15,18H,3-4,7,16-17H2,1-2H3,(H,26,28)/b15-11+. The maximum absolute atomic E-state index is 12.0. The largest absolute Gasteiger partial charge is 0.493 e. The first-order valence-electron chi connectivity index (χ1n) is 10.2. The lowest BCUT2D eigenvalue weighted by atomic mass is 10.1. The first-order chi connectivity index (χ1) is 15.1. The number of hydrogen-bond acceptors (Lipinski definition) is 4. The van der Waals surface area contributed by atoms with Gasteiger partial charge < -0.3 is 19.7 Å². The lowest BCUT2D eigenvalue weighted by molar-refractivity contribution is -0.119. The van der Waals surface area contributed by atoms with Gasteiger partial charge in [0, 0.05) is 30.3 Å². The molecule has 2 amide bonds. The third-order valence-corrected chi connectivity index (χ3v) is 4.92. The number of benzene rings is 2. The number of hydrogen-bond donors (Lipinski definition) is 1. The number of ether oxygens (including phenoxy) is 2. The Bertz CT molecular complexity index is 1020. The zero-order chi connectivity index (χ0) is 22.1. The van der Waals surface area contributed by atoms with Crippen molar-refractivity contribution in [2.24, 2.45) is 0 Å². The van der Waals surface area contributed by atoms with Gasteiger partial charge >= 0.3 is 0 Å². The van der Waals surface area contributed by atoms with Gasteiger partial charge in [0.2, 0.25) is 11.8 Å². The van der Waals surface area contributed by atoms with E-state index >= 15 is 0 Å². The molecule has 1 aliphatic rings. The van der Waals surface area contributed by atoms with Crippen LogP contribution in [0.1, 0.15) is 30.4 Å². The summed E-state index contributed by atoms with van der Waals surface area (Å²) in [5, 5.41) is 2.74. The van der Waals surface area contributed by atoms with Crippen molar-refractivity contribution in [3.8, 4) is 23.3 Å². The van der Waals surface area contributed by atoms with E-state index in [0.29, 0.717) is 17.9 Å². The van der Waals surface area contributed by atoms with Crippen molar-refractivity contribution in [1.82, 2.24) is 5.32 Å². The normalized spacial score (nSPS) is 13.5. The lowest BCUT2D eigenvalue weighted by Gasteiger charge is -2.26. The summed E-state index contributed by atoms with van der Waals surface area (Å²) in [6.07, 6.45) is 5.77. The average molecular weight is 418 g/mol. The first-order valence-corrected chi connectivity index (χ1v) is 10.2. The third-order valence-electron chi connectivity index (χ3n) is 4.92. The molecule has 1 aliphatic heterocycles. The van der Waals surface area contributed by atoms with Gasteiger partial charge in [-0.1, -0.05) is 17.9 Å². The number of carbonyl (C=O) groups excluding carboxylic acids is 2. The van der Waals surface area contributed by atoms with Crippen LogP contribution in [0.3, 0.4) is 0 Å². The molecule has 2 aromatic rings. The van der Waals surface area contributed by atoms with Gasteiger partial charge in [-0.05, 0) is 60.9 Å². The van der Waals surface area contributed by atoms with Crippen molar-refractivity contribution in [3.63, 3.8) is 0 Å². The number of amides is 2. The first kappa shape index (κ1) is 22.0. The highest BCUT2D eigenvalue weighted by Gasteiger charge is 2.19. The Morgan fingerprint density at radius 3 is 2.58 bits per heavy atom. The fourth-order valence-corrected chi connectivity index (χ4v) is 3.27. The summed E-state index contributed by atoms with van der Waals surface area (Å²) in [6.45, 7) is 1.01. The van der Waals surface area contributed by atoms with Crippen LogP contribution in [0.4, 0.5) is 5.69 Å². The maximum Gasteiger partial charge on any atom is 0.244 e. The quantitative estimate of drug-likeness (QED) is 0.577. The number of anilines is 1. The molecule has 0 radical (unpaired) electrons. The summed E-state index contributed by atoms with van der Waals surface area (Å²) in [7, 11) is 3.14. The summed E-state index contributed by atoms with van der Waals surface area (Å²) in [4.78, 5) is 25.8. The average Bonchev–Trinajstić information content (AvgIpc) is 2.81.